The lowest BCUT2D eigenvalue weighted by Crippen LogP contribution is -2.41. The molecule has 1 aliphatic carbocycles. The van der Waals surface area contributed by atoms with Gasteiger partial charge in [0.25, 0.3) is 0 Å². The fraction of sp³-hybridized carbons (Fsp3) is 0.700. The fourth-order valence-electron chi connectivity index (χ4n) is 5.68. The third-order valence-corrected chi connectivity index (χ3v) is 9.92. The lowest BCUT2D eigenvalue weighted by atomic mass is 9.55. The predicted molar refractivity (Wildman–Crippen MR) is 158 cm³/mol. The van der Waals surface area contributed by atoms with Crippen LogP contribution in [0.1, 0.15) is 105 Å². The molecule has 3 saturated heterocycles. The normalized spacial score (nSPS) is 27.8. The van der Waals surface area contributed by atoms with Crippen LogP contribution in [-0.4, -0.2) is 55.4 Å². The Kier molecular flexibility index (Phi) is 7.84. The summed E-state index contributed by atoms with van der Waals surface area (Å²) in [5.74, 6) is -0.778. The summed E-state index contributed by atoms with van der Waals surface area (Å²) in [5.41, 5.74) is 1.09. The molecule has 4 aliphatic rings. The average Bonchev–Trinajstić information content (AvgIpc) is 3.17. The minimum atomic E-state index is -1.01. The van der Waals surface area contributed by atoms with Gasteiger partial charge in [0, 0.05) is 12.3 Å². The smallest absolute Gasteiger partial charge is 0.400 e. The maximum absolute atomic E-state index is 14.8. The molecule has 2 N–H and O–H groups in total. The van der Waals surface area contributed by atoms with Crippen LogP contribution in [0.3, 0.4) is 0 Å². The Labute approximate surface area is 239 Å². The van der Waals surface area contributed by atoms with E-state index in [0.717, 1.165) is 55.0 Å². The van der Waals surface area contributed by atoms with Crippen molar-refractivity contribution in [2.24, 2.45) is 5.92 Å². The number of nitrogens with one attached hydrogen (secondary N) is 2. The summed E-state index contributed by atoms with van der Waals surface area (Å²) in [4.78, 5) is 0. The molecule has 1 saturated carbocycles. The Morgan fingerprint density at radius 2 is 1.40 bits per heavy atom. The van der Waals surface area contributed by atoms with E-state index in [-0.39, 0.29) is 17.7 Å². The largest absolute Gasteiger partial charge is 0.494 e. The molecule has 0 spiro atoms. The van der Waals surface area contributed by atoms with Gasteiger partial charge in [-0.1, -0.05) is 12.5 Å². The van der Waals surface area contributed by atoms with Gasteiger partial charge in [-0.3, -0.25) is 5.41 Å². The van der Waals surface area contributed by atoms with Crippen molar-refractivity contribution in [2.75, 3.05) is 11.9 Å². The monoisotopic (exact) mass is 554 g/mol. The lowest BCUT2D eigenvalue weighted by Gasteiger charge is -2.33. The standard InChI is InChI=1S/C30H45B2FN2O5/c1-27(2)28(3,4)38-31(37-27)24(19-12-11-13-19)25(32-39-29(5,6)30(7,8)40-32)20-15-16-22(21(18-20)26(33)34)35-23-14-9-10-17-36-23/h15-16,18-19,23,34-35H,9-14,17H2,1-8H3/b25-24-,34-26?. The zero-order valence-electron chi connectivity index (χ0n) is 25.4. The van der Waals surface area contributed by atoms with Crippen LogP contribution in [0.5, 0.6) is 0 Å². The molecule has 0 amide bonds. The Bertz CT molecular complexity index is 1140. The molecule has 3 heterocycles. The first-order valence-corrected chi connectivity index (χ1v) is 14.8. The van der Waals surface area contributed by atoms with Gasteiger partial charge in [0.1, 0.15) is 6.23 Å². The van der Waals surface area contributed by atoms with Crippen molar-refractivity contribution in [1.29, 1.82) is 5.41 Å². The summed E-state index contributed by atoms with van der Waals surface area (Å²) in [7, 11) is -1.30. The highest BCUT2D eigenvalue weighted by Crippen LogP contribution is 2.49. The van der Waals surface area contributed by atoms with E-state index in [0.29, 0.717) is 12.3 Å². The first-order valence-electron chi connectivity index (χ1n) is 14.8. The van der Waals surface area contributed by atoms with Crippen LogP contribution in [0, 0.1) is 11.3 Å². The average molecular weight is 554 g/mol. The SMILES string of the molecule is CC1(C)OB(/C(=C(\B2OC(C)(C)C(C)(C)O2)C2CCC2)c2ccc(NC3CCCCO3)c(C(=N)F)c2)OC1(C)C. The first-order chi connectivity index (χ1) is 18.6. The molecule has 40 heavy (non-hydrogen) atoms. The molecule has 10 heteroatoms. The molecule has 1 unspecified atom stereocenters. The van der Waals surface area contributed by atoms with Crippen molar-refractivity contribution in [3.8, 4) is 0 Å². The summed E-state index contributed by atoms with van der Waals surface area (Å²) >= 11 is 0. The van der Waals surface area contributed by atoms with Gasteiger partial charge in [-0.2, -0.15) is 4.39 Å². The van der Waals surface area contributed by atoms with Gasteiger partial charge in [0.2, 0.25) is 5.97 Å². The van der Waals surface area contributed by atoms with E-state index < -0.39 is 42.6 Å². The summed E-state index contributed by atoms with van der Waals surface area (Å²) < 4.78 is 47.1. The molecule has 4 fully saturated rings. The van der Waals surface area contributed by atoms with Crippen molar-refractivity contribution in [2.45, 2.75) is 123 Å². The maximum atomic E-state index is 14.8. The molecule has 0 bridgehead atoms. The summed E-state index contributed by atoms with van der Waals surface area (Å²) in [6.07, 6.45) is 5.84. The predicted octanol–water partition coefficient (Wildman–Crippen LogP) is 6.74. The second-order valence-corrected chi connectivity index (χ2v) is 13.7. The minimum absolute atomic E-state index is 0.183. The van der Waals surface area contributed by atoms with Crippen LogP contribution in [0.4, 0.5) is 10.1 Å². The van der Waals surface area contributed by atoms with Crippen molar-refractivity contribution >= 4 is 31.4 Å². The molecular formula is C30H45B2FN2O5. The van der Waals surface area contributed by atoms with Gasteiger partial charge in [-0.15, -0.1) is 0 Å². The molecule has 1 aromatic rings. The Balaban J connectivity index is 1.64. The third-order valence-electron chi connectivity index (χ3n) is 9.92. The minimum Gasteiger partial charge on any atom is -0.400 e. The molecule has 0 radical (unpaired) electrons. The quantitative estimate of drug-likeness (QED) is 0.287. The number of anilines is 1. The van der Waals surface area contributed by atoms with Gasteiger partial charge in [0.15, 0.2) is 0 Å². The van der Waals surface area contributed by atoms with E-state index >= 15 is 0 Å². The van der Waals surface area contributed by atoms with Crippen LogP contribution in [0.25, 0.3) is 5.47 Å². The summed E-state index contributed by atoms with van der Waals surface area (Å²) in [5, 5.41) is 11.3. The number of ether oxygens (including phenoxy) is 1. The van der Waals surface area contributed by atoms with Gasteiger partial charge in [-0.25, -0.2) is 0 Å². The van der Waals surface area contributed by atoms with E-state index in [9.17, 15) is 4.39 Å². The molecule has 5 rings (SSSR count). The summed E-state index contributed by atoms with van der Waals surface area (Å²) in [6, 6.07) is 5.53. The fourth-order valence-corrected chi connectivity index (χ4v) is 5.68. The van der Waals surface area contributed by atoms with Gasteiger partial charge >= 0.3 is 14.2 Å². The van der Waals surface area contributed by atoms with E-state index in [2.05, 4.69) is 33.0 Å². The summed E-state index contributed by atoms with van der Waals surface area (Å²) in [6.45, 7) is 17.0. The second-order valence-electron chi connectivity index (χ2n) is 13.7. The van der Waals surface area contributed by atoms with E-state index in [1.807, 2.05) is 39.8 Å². The third kappa shape index (κ3) is 5.42. The lowest BCUT2D eigenvalue weighted by molar-refractivity contribution is 0.00578. The zero-order chi connectivity index (χ0) is 29.1. The van der Waals surface area contributed by atoms with Crippen LogP contribution < -0.4 is 5.32 Å². The van der Waals surface area contributed by atoms with Gasteiger partial charge in [-0.05, 0) is 122 Å². The maximum Gasteiger partial charge on any atom is 0.494 e. The first kappa shape index (κ1) is 29.8. The molecule has 7 nitrogen and oxygen atoms in total. The zero-order valence-corrected chi connectivity index (χ0v) is 25.4. The number of benzene rings is 1. The highest BCUT2D eigenvalue weighted by atomic mass is 19.1. The molecule has 1 atom stereocenters. The van der Waals surface area contributed by atoms with Gasteiger partial charge < -0.3 is 28.7 Å². The van der Waals surface area contributed by atoms with Crippen molar-refractivity contribution < 1.29 is 27.7 Å². The van der Waals surface area contributed by atoms with E-state index in [1.165, 1.54) is 0 Å². The Morgan fingerprint density at radius 1 is 0.825 bits per heavy atom. The molecule has 218 valence electrons. The number of rotatable bonds is 7. The highest BCUT2D eigenvalue weighted by Gasteiger charge is 2.58. The van der Waals surface area contributed by atoms with Crippen LogP contribution in [0.2, 0.25) is 0 Å². The highest BCUT2D eigenvalue weighted by molar-refractivity contribution is 6.74. The number of halogens is 1. The topological polar surface area (TPSA) is 82.0 Å². The molecular weight excluding hydrogens is 509 g/mol. The van der Waals surface area contributed by atoms with E-state index in [4.69, 9.17) is 28.8 Å². The molecule has 1 aromatic carbocycles. The van der Waals surface area contributed by atoms with Gasteiger partial charge in [0.05, 0.1) is 28.0 Å². The van der Waals surface area contributed by atoms with Crippen molar-refractivity contribution in [1.82, 2.24) is 0 Å². The van der Waals surface area contributed by atoms with E-state index in [1.54, 1.807) is 6.07 Å². The van der Waals surface area contributed by atoms with Crippen LogP contribution >= 0.6 is 0 Å². The number of allylic oxidation sites excluding steroid dienone is 1. The number of hydrogen-bond donors (Lipinski definition) is 2. The second kappa shape index (κ2) is 10.5. The van der Waals surface area contributed by atoms with Crippen molar-refractivity contribution in [3.05, 3.63) is 34.8 Å². The van der Waals surface area contributed by atoms with Crippen LogP contribution in [-0.2, 0) is 23.4 Å². The van der Waals surface area contributed by atoms with Crippen LogP contribution in [0.15, 0.2) is 23.7 Å². The molecule has 3 aliphatic heterocycles. The Morgan fingerprint density at radius 3 is 1.88 bits per heavy atom. The van der Waals surface area contributed by atoms with Crippen molar-refractivity contribution in [3.63, 3.8) is 0 Å². The number of hydrogen-bond acceptors (Lipinski definition) is 7. The molecule has 0 aromatic heterocycles. The Hall–Kier alpha value is -1.71.